The van der Waals surface area contributed by atoms with Crippen LogP contribution in [-0.2, 0) is 10.1 Å². The minimum Gasteiger partial charge on any atom is -0.493 e. The van der Waals surface area contributed by atoms with Crippen LogP contribution in [0.4, 0.5) is 13.2 Å². The van der Waals surface area contributed by atoms with E-state index in [0.29, 0.717) is 22.3 Å². The maximum atomic E-state index is 12.5. The molecule has 1 heterocycles. The number of aromatic amines is 1. The third kappa shape index (κ3) is 3.99. The summed E-state index contributed by atoms with van der Waals surface area (Å²) in [5.74, 6) is 0.184. The SMILES string of the molecule is COc1cc2cc(-c3cccc(OS(=O)(=O)C(F)(F)F)c3)[nH]c(=O)c2cc1OC. The molecule has 0 unspecified atom stereocenters. The fourth-order valence-corrected chi connectivity index (χ4v) is 3.09. The van der Waals surface area contributed by atoms with Crippen molar-refractivity contribution in [3.05, 3.63) is 52.8 Å². The number of alkyl halides is 3. The molecule has 154 valence electrons. The molecule has 29 heavy (non-hydrogen) atoms. The first-order valence-corrected chi connectivity index (χ1v) is 9.37. The number of halogens is 3. The largest absolute Gasteiger partial charge is 0.534 e. The summed E-state index contributed by atoms with van der Waals surface area (Å²) < 4.78 is 74.5. The van der Waals surface area contributed by atoms with Gasteiger partial charge in [0.25, 0.3) is 5.56 Å². The zero-order valence-electron chi connectivity index (χ0n) is 15.0. The van der Waals surface area contributed by atoms with Crippen molar-refractivity contribution in [3.8, 4) is 28.5 Å². The summed E-state index contributed by atoms with van der Waals surface area (Å²) >= 11 is 0. The van der Waals surface area contributed by atoms with Gasteiger partial charge in [0.15, 0.2) is 11.5 Å². The topological polar surface area (TPSA) is 94.7 Å². The number of H-pyrrole nitrogens is 1. The zero-order chi connectivity index (χ0) is 21.4. The first-order valence-electron chi connectivity index (χ1n) is 7.96. The molecule has 11 heteroatoms. The van der Waals surface area contributed by atoms with Crippen molar-refractivity contribution >= 4 is 20.9 Å². The van der Waals surface area contributed by atoms with Crippen molar-refractivity contribution in [2.24, 2.45) is 0 Å². The first-order chi connectivity index (χ1) is 13.6. The summed E-state index contributed by atoms with van der Waals surface area (Å²) in [6.45, 7) is 0. The second-order valence-corrected chi connectivity index (χ2v) is 7.36. The molecule has 0 aliphatic rings. The molecule has 3 rings (SSSR count). The Morgan fingerprint density at radius 2 is 1.62 bits per heavy atom. The number of hydrogen-bond acceptors (Lipinski definition) is 6. The van der Waals surface area contributed by atoms with Crippen LogP contribution in [-0.4, -0.2) is 33.1 Å². The van der Waals surface area contributed by atoms with Crippen LogP contribution < -0.4 is 19.2 Å². The van der Waals surface area contributed by atoms with E-state index in [2.05, 4.69) is 9.17 Å². The summed E-state index contributed by atoms with van der Waals surface area (Å²) in [4.78, 5) is 15.1. The molecular formula is C18H14F3NO6S. The number of nitrogens with one attached hydrogen (secondary N) is 1. The molecule has 1 aromatic heterocycles. The molecule has 0 atom stereocenters. The van der Waals surface area contributed by atoms with E-state index < -0.39 is 26.9 Å². The van der Waals surface area contributed by atoms with E-state index in [9.17, 15) is 26.4 Å². The van der Waals surface area contributed by atoms with Gasteiger partial charge in [-0.25, -0.2) is 0 Å². The maximum absolute atomic E-state index is 12.5. The van der Waals surface area contributed by atoms with E-state index in [1.54, 1.807) is 12.1 Å². The van der Waals surface area contributed by atoms with E-state index in [-0.39, 0.29) is 11.3 Å². The number of fused-ring (bicyclic) bond motifs is 1. The van der Waals surface area contributed by atoms with E-state index >= 15 is 0 Å². The molecule has 0 radical (unpaired) electrons. The van der Waals surface area contributed by atoms with Crippen LogP contribution in [0.15, 0.2) is 47.3 Å². The number of pyridine rings is 1. The highest BCUT2D eigenvalue weighted by atomic mass is 32.2. The van der Waals surface area contributed by atoms with Gasteiger partial charge in [-0.15, -0.1) is 0 Å². The van der Waals surface area contributed by atoms with Gasteiger partial charge in [-0.05, 0) is 35.7 Å². The first kappa shape index (κ1) is 20.5. The van der Waals surface area contributed by atoms with Gasteiger partial charge in [-0.1, -0.05) is 12.1 Å². The number of aromatic nitrogens is 1. The van der Waals surface area contributed by atoms with E-state index in [1.807, 2.05) is 0 Å². The minimum absolute atomic E-state index is 0.240. The fourth-order valence-electron chi connectivity index (χ4n) is 2.64. The van der Waals surface area contributed by atoms with E-state index in [0.717, 1.165) is 12.1 Å². The molecule has 0 aliphatic heterocycles. The lowest BCUT2D eigenvalue weighted by Gasteiger charge is -2.12. The van der Waals surface area contributed by atoms with Crippen LogP contribution in [0.2, 0.25) is 0 Å². The average Bonchev–Trinajstić information content (AvgIpc) is 2.65. The summed E-state index contributed by atoms with van der Waals surface area (Å²) in [6, 6.07) is 9.53. The van der Waals surface area contributed by atoms with Crippen LogP contribution in [0.3, 0.4) is 0 Å². The van der Waals surface area contributed by atoms with Crippen molar-refractivity contribution in [1.82, 2.24) is 4.98 Å². The molecule has 1 N–H and O–H groups in total. The van der Waals surface area contributed by atoms with Crippen molar-refractivity contribution in [2.75, 3.05) is 14.2 Å². The number of hydrogen-bond donors (Lipinski definition) is 1. The fraction of sp³-hybridized carbons (Fsp3) is 0.167. The highest BCUT2D eigenvalue weighted by Gasteiger charge is 2.48. The standard InChI is InChI=1S/C18H14F3NO6S/c1-26-15-8-11-7-14(22-17(23)13(11)9-16(15)27-2)10-4-3-5-12(6-10)28-29(24,25)18(19,20)21/h3-9H,1-2H3,(H,22,23). The molecule has 0 saturated heterocycles. The molecule has 2 aromatic carbocycles. The number of methoxy groups -OCH3 is 2. The van der Waals surface area contributed by atoms with Gasteiger partial charge in [-0.2, -0.15) is 21.6 Å². The Morgan fingerprint density at radius 1 is 0.966 bits per heavy atom. The summed E-state index contributed by atoms with van der Waals surface area (Å²) in [7, 11) is -2.96. The van der Waals surface area contributed by atoms with Gasteiger partial charge in [0.2, 0.25) is 0 Å². The van der Waals surface area contributed by atoms with Crippen LogP contribution in [0, 0.1) is 0 Å². The van der Waals surface area contributed by atoms with E-state index in [4.69, 9.17) is 9.47 Å². The normalized spacial score (nSPS) is 12.0. The smallest absolute Gasteiger partial charge is 0.493 e. The predicted octanol–water partition coefficient (Wildman–Crippen LogP) is 3.44. The Hall–Kier alpha value is -3.21. The molecule has 0 bridgehead atoms. The van der Waals surface area contributed by atoms with Crippen molar-refractivity contribution in [3.63, 3.8) is 0 Å². The lowest BCUT2D eigenvalue weighted by molar-refractivity contribution is -0.0500. The van der Waals surface area contributed by atoms with Gasteiger partial charge < -0.3 is 18.6 Å². The molecule has 0 aliphatic carbocycles. The predicted molar refractivity (Wildman–Crippen MR) is 98.7 cm³/mol. The maximum Gasteiger partial charge on any atom is 0.534 e. The van der Waals surface area contributed by atoms with Crippen LogP contribution in [0.25, 0.3) is 22.0 Å². The van der Waals surface area contributed by atoms with Crippen molar-refractivity contribution < 1.29 is 35.2 Å². The van der Waals surface area contributed by atoms with Crippen LogP contribution in [0.5, 0.6) is 17.2 Å². The molecular weight excluding hydrogens is 415 g/mol. The number of benzene rings is 2. The minimum atomic E-state index is -5.81. The van der Waals surface area contributed by atoms with Crippen LogP contribution in [0.1, 0.15) is 0 Å². The van der Waals surface area contributed by atoms with Crippen LogP contribution >= 0.6 is 0 Å². The Balaban J connectivity index is 2.08. The van der Waals surface area contributed by atoms with Gasteiger partial charge in [0.1, 0.15) is 5.75 Å². The number of rotatable bonds is 5. The Morgan fingerprint density at radius 3 is 2.24 bits per heavy atom. The highest BCUT2D eigenvalue weighted by Crippen LogP contribution is 2.33. The summed E-state index contributed by atoms with van der Waals surface area (Å²) in [5, 5.41) is 0.786. The molecule has 7 nitrogen and oxygen atoms in total. The number of ether oxygens (including phenoxy) is 2. The van der Waals surface area contributed by atoms with Gasteiger partial charge in [-0.3, -0.25) is 4.79 Å². The molecule has 0 amide bonds. The highest BCUT2D eigenvalue weighted by molar-refractivity contribution is 7.88. The van der Waals surface area contributed by atoms with E-state index in [1.165, 1.54) is 32.4 Å². The second-order valence-electron chi connectivity index (χ2n) is 5.82. The molecule has 0 fully saturated rings. The average molecular weight is 429 g/mol. The Labute approximate surface area is 162 Å². The van der Waals surface area contributed by atoms with Gasteiger partial charge in [0.05, 0.1) is 19.6 Å². The zero-order valence-corrected chi connectivity index (χ0v) is 15.8. The lowest BCUT2D eigenvalue weighted by atomic mass is 10.1. The Kier molecular flexibility index (Phi) is 5.18. The second kappa shape index (κ2) is 7.32. The monoisotopic (exact) mass is 429 g/mol. The third-order valence-corrected chi connectivity index (χ3v) is 4.96. The Bertz CT molecular complexity index is 1230. The van der Waals surface area contributed by atoms with Crippen molar-refractivity contribution in [1.29, 1.82) is 0 Å². The van der Waals surface area contributed by atoms with Gasteiger partial charge >= 0.3 is 15.6 Å². The molecule has 0 saturated carbocycles. The van der Waals surface area contributed by atoms with Crippen molar-refractivity contribution in [2.45, 2.75) is 5.51 Å². The summed E-state index contributed by atoms with van der Waals surface area (Å²) in [6.07, 6.45) is 0. The quantitative estimate of drug-likeness (QED) is 0.493. The lowest BCUT2D eigenvalue weighted by Crippen LogP contribution is -2.28. The third-order valence-electron chi connectivity index (χ3n) is 3.98. The summed E-state index contributed by atoms with van der Waals surface area (Å²) in [5.41, 5.74) is -5.55. The van der Waals surface area contributed by atoms with Gasteiger partial charge in [0, 0.05) is 11.3 Å². The molecule has 0 spiro atoms. The molecule has 3 aromatic rings.